The highest BCUT2D eigenvalue weighted by molar-refractivity contribution is 6.30. The van der Waals surface area contributed by atoms with Crippen molar-refractivity contribution in [1.82, 2.24) is 0 Å². The van der Waals surface area contributed by atoms with Crippen LogP contribution < -0.4 is 14.2 Å². The van der Waals surface area contributed by atoms with Gasteiger partial charge in [-0.15, -0.1) is 0 Å². The van der Waals surface area contributed by atoms with E-state index in [1.807, 2.05) is 24.3 Å². The molecule has 0 heterocycles. The summed E-state index contributed by atoms with van der Waals surface area (Å²) in [7, 11) is 0. The van der Waals surface area contributed by atoms with Gasteiger partial charge in [0.2, 0.25) is 6.10 Å². The molecular weight excluding hydrogens is 440 g/mol. The van der Waals surface area contributed by atoms with Crippen LogP contribution in [-0.4, -0.2) is 24.3 Å². The van der Waals surface area contributed by atoms with Crippen LogP contribution in [-0.2, 0) is 10.2 Å². The van der Waals surface area contributed by atoms with Gasteiger partial charge in [0.05, 0.1) is 13.2 Å². The second-order valence-electron chi connectivity index (χ2n) is 8.68. The molecule has 3 aromatic carbocycles. The molecule has 0 aliphatic carbocycles. The van der Waals surface area contributed by atoms with E-state index in [4.69, 9.17) is 25.8 Å². The first-order valence-electron chi connectivity index (χ1n) is 10.8. The summed E-state index contributed by atoms with van der Waals surface area (Å²) < 4.78 is 17.1. The molecule has 0 saturated heterocycles. The van der Waals surface area contributed by atoms with E-state index in [1.54, 1.807) is 48.5 Å². The molecule has 0 saturated carbocycles. The van der Waals surface area contributed by atoms with Crippen LogP contribution in [0.15, 0.2) is 72.8 Å². The summed E-state index contributed by atoms with van der Waals surface area (Å²) in [6, 6.07) is 21.7. The molecule has 0 aromatic heterocycles. The molecule has 0 aliphatic heterocycles. The van der Waals surface area contributed by atoms with Gasteiger partial charge in [-0.3, -0.25) is 0 Å². The Kier molecular flexibility index (Phi) is 8.23. The van der Waals surface area contributed by atoms with Crippen LogP contribution >= 0.6 is 11.6 Å². The Hall–Kier alpha value is -3.18. The molecule has 5 nitrogen and oxygen atoms in total. The Balaban J connectivity index is 1.51. The maximum absolute atomic E-state index is 11.8. The molecule has 33 heavy (non-hydrogen) atoms. The zero-order chi connectivity index (χ0) is 23.8. The third-order valence-electron chi connectivity index (χ3n) is 5.02. The number of carbonyl (C=O) groups is 1. The average Bonchev–Trinajstić information content (AvgIpc) is 2.78. The SMILES string of the molecule is CC(C)(C)c1ccc(OC(C(=O)O)c2ccc(OCCCOc3ccc(Cl)cc3)cc2)cc1. The molecule has 1 N–H and O–H groups in total. The Morgan fingerprint density at radius 3 is 1.79 bits per heavy atom. The van der Waals surface area contributed by atoms with Crippen LogP contribution in [0.4, 0.5) is 0 Å². The van der Waals surface area contributed by atoms with Gasteiger partial charge in [0.15, 0.2) is 0 Å². The summed E-state index contributed by atoms with van der Waals surface area (Å²) in [6.07, 6.45) is -0.400. The quantitative estimate of drug-likeness (QED) is 0.336. The third-order valence-corrected chi connectivity index (χ3v) is 5.27. The smallest absolute Gasteiger partial charge is 0.349 e. The fourth-order valence-corrected chi connectivity index (χ4v) is 3.27. The van der Waals surface area contributed by atoms with Crippen LogP contribution in [0.5, 0.6) is 17.2 Å². The van der Waals surface area contributed by atoms with Crippen molar-refractivity contribution in [2.45, 2.75) is 38.7 Å². The number of hydrogen-bond donors (Lipinski definition) is 1. The highest BCUT2D eigenvalue weighted by atomic mass is 35.5. The largest absolute Gasteiger partial charge is 0.493 e. The number of carboxylic acids is 1. The maximum atomic E-state index is 11.8. The van der Waals surface area contributed by atoms with Crippen LogP contribution in [0.2, 0.25) is 5.02 Å². The van der Waals surface area contributed by atoms with E-state index in [0.29, 0.717) is 41.7 Å². The zero-order valence-corrected chi connectivity index (χ0v) is 19.8. The first-order valence-corrected chi connectivity index (χ1v) is 11.2. The summed E-state index contributed by atoms with van der Waals surface area (Å²) in [6.45, 7) is 7.37. The summed E-state index contributed by atoms with van der Waals surface area (Å²) in [5.41, 5.74) is 1.71. The van der Waals surface area contributed by atoms with Gasteiger partial charge in [-0.1, -0.05) is 56.6 Å². The summed E-state index contributed by atoms with van der Waals surface area (Å²) in [5, 5.41) is 10.3. The minimum Gasteiger partial charge on any atom is -0.493 e. The zero-order valence-electron chi connectivity index (χ0n) is 19.1. The molecule has 1 atom stereocenters. The fraction of sp³-hybridized carbons (Fsp3) is 0.296. The van der Waals surface area contributed by atoms with Crippen LogP contribution in [0.3, 0.4) is 0 Å². The number of carboxylic acid groups (broad SMARTS) is 1. The van der Waals surface area contributed by atoms with Gasteiger partial charge in [-0.25, -0.2) is 4.79 Å². The lowest BCUT2D eigenvalue weighted by Gasteiger charge is -2.20. The highest BCUT2D eigenvalue weighted by Crippen LogP contribution is 2.28. The Labute approximate surface area is 199 Å². The molecule has 0 bridgehead atoms. The topological polar surface area (TPSA) is 65.0 Å². The third kappa shape index (κ3) is 7.43. The molecule has 0 spiro atoms. The second-order valence-corrected chi connectivity index (χ2v) is 9.12. The van der Waals surface area contributed by atoms with Crippen LogP contribution in [0.25, 0.3) is 0 Å². The number of ether oxygens (including phenoxy) is 3. The summed E-state index contributed by atoms with van der Waals surface area (Å²) in [4.78, 5) is 11.8. The Morgan fingerprint density at radius 2 is 1.30 bits per heavy atom. The minimum absolute atomic E-state index is 0.0164. The van der Waals surface area contributed by atoms with Crippen molar-refractivity contribution in [3.05, 3.63) is 88.9 Å². The van der Waals surface area contributed by atoms with Gasteiger partial charge < -0.3 is 19.3 Å². The van der Waals surface area contributed by atoms with E-state index in [1.165, 1.54) is 0 Å². The van der Waals surface area contributed by atoms with E-state index in [9.17, 15) is 9.90 Å². The molecule has 3 rings (SSSR count). The monoisotopic (exact) mass is 468 g/mol. The molecule has 0 amide bonds. The fourth-order valence-electron chi connectivity index (χ4n) is 3.14. The summed E-state index contributed by atoms with van der Waals surface area (Å²) >= 11 is 5.86. The first kappa shape index (κ1) is 24.5. The van der Waals surface area contributed by atoms with Crippen molar-refractivity contribution < 1.29 is 24.1 Å². The van der Waals surface area contributed by atoms with Gasteiger partial charge in [0, 0.05) is 17.0 Å². The molecule has 174 valence electrons. The van der Waals surface area contributed by atoms with Crippen molar-refractivity contribution >= 4 is 17.6 Å². The van der Waals surface area contributed by atoms with Crippen molar-refractivity contribution in [1.29, 1.82) is 0 Å². The van der Waals surface area contributed by atoms with Crippen molar-refractivity contribution in [2.24, 2.45) is 0 Å². The summed E-state index contributed by atoms with van der Waals surface area (Å²) in [5.74, 6) is 0.875. The molecule has 0 fully saturated rings. The van der Waals surface area contributed by atoms with E-state index >= 15 is 0 Å². The lowest BCUT2D eigenvalue weighted by atomic mass is 9.87. The van der Waals surface area contributed by atoms with Crippen LogP contribution in [0, 0.1) is 0 Å². The number of benzene rings is 3. The van der Waals surface area contributed by atoms with Crippen molar-refractivity contribution in [3.8, 4) is 17.2 Å². The molecule has 0 aliphatic rings. The highest BCUT2D eigenvalue weighted by Gasteiger charge is 2.22. The maximum Gasteiger partial charge on any atom is 0.349 e. The number of halogens is 1. The van der Waals surface area contributed by atoms with Gasteiger partial charge in [0.1, 0.15) is 17.2 Å². The molecule has 6 heteroatoms. The predicted molar refractivity (Wildman–Crippen MR) is 130 cm³/mol. The number of rotatable bonds is 10. The van der Waals surface area contributed by atoms with Gasteiger partial charge in [0.25, 0.3) is 0 Å². The number of hydrogen-bond acceptors (Lipinski definition) is 4. The van der Waals surface area contributed by atoms with Gasteiger partial charge in [-0.2, -0.15) is 0 Å². The predicted octanol–water partition coefficient (Wildman–Crippen LogP) is 6.69. The lowest BCUT2D eigenvalue weighted by Crippen LogP contribution is -2.18. The molecule has 0 radical (unpaired) electrons. The molecule has 3 aromatic rings. The van der Waals surface area contributed by atoms with E-state index in [2.05, 4.69) is 20.8 Å². The normalized spacial score (nSPS) is 12.1. The van der Waals surface area contributed by atoms with E-state index in [0.717, 1.165) is 11.3 Å². The number of aliphatic carboxylic acids is 1. The van der Waals surface area contributed by atoms with Crippen molar-refractivity contribution in [2.75, 3.05) is 13.2 Å². The minimum atomic E-state index is -1.10. The first-order chi connectivity index (χ1) is 15.7. The van der Waals surface area contributed by atoms with Gasteiger partial charge >= 0.3 is 5.97 Å². The van der Waals surface area contributed by atoms with Crippen LogP contribution in [0.1, 0.15) is 44.4 Å². The second kappa shape index (κ2) is 11.1. The standard InChI is InChI=1S/C27H29ClO5/c1-27(2,3)20-7-13-24(14-8-20)33-25(26(29)30)19-5-11-22(12-6-19)31-17-4-18-32-23-15-9-21(28)10-16-23/h5-16,25H,4,17-18H2,1-3H3,(H,29,30). The Morgan fingerprint density at radius 1 is 0.818 bits per heavy atom. The molecular formula is C27H29ClO5. The van der Waals surface area contributed by atoms with Gasteiger partial charge in [-0.05, 0) is 59.5 Å². The van der Waals surface area contributed by atoms with E-state index < -0.39 is 12.1 Å². The lowest BCUT2D eigenvalue weighted by molar-refractivity contribution is -0.145. The average molecular weight is 469 g/mol. The van der Waals surface area contributed by atoms with Crippen molar-refractivity contribution in [3.63, 3.8) is 0 Å². The molecule has 1 unspecified atom stereocenters. The Bertz CT molecular complexity index is 1020. The van der Waals surface area contributed by atoms with E-state index in [-0.39, 0.29) is 5.41 Å².